The summed E-state index contributed by atoms with van der Waals surface area (Å²) in [6, 6.07) is 8.45. The maximum Gasteiger partial charge on any atom is 0.138 e. The number of benzene rings is 1. The van der Waals surface area contributed by atoms with E-state index >= 15 is 0 Å². The third-order valence-corrected chi connectivity index (χ3v) is 5.20. The minimum absolute atomic E-state index is 0.345. The second-order valence-electron chi connectivity index (χ2n) is 6.81. The molecule has 3 aromatic rings. The molecular weight excluding hydrogens is 328 g/mol. The van der Waals surface area contributed by atoms with E-state index in [2.05, 4.69) is 27.3 Å². The zero-order chi connectivity index (χ0) is 18.1. The van der Waals surface area contributed by atoms with Crippen LogP contribution in [0.5, 0.6) is 5.75 Å². The van der Waals surface area contributed by atoms with Gasteiger partial charge in [-0.25, -0.2) is 4.68 Å². The summed E-state index contributed by atoms with van der Waals surface area (Å²) in [6.07, 6.45) is 6.08. The fourth-order valence-corrected chi connectivity index (χ4v) is 3.98. The standard InChI is InChI=1S/C20H24N4O2/c1-14-20(15(2)26-22-14)19-6-4-10-23(19)13-16-12-17(25-3)7-8-18(16)24-11-5-9-21-24/h5,7-9,11-12,19H,4,6,10,13H2,1-3H3. The predicted molar refractivity (Wildman–Crippen MR) is 98.5 cm³/mol. The highest BCUT2D eigenvalue weighted by Gasteiger charge is 2.31. The van der Waals surface area contributed by atoms with Gasteiger partial charge >= 0.3 is 0 Å². The molecule has 4 rings (SSSR count). The Kier molecular flexibility index (Phi) is 4.51. The third kappa shape index (κ3) is 3.01. The van der Waals surface area contributed by atoms with Crippen molar-refractivity contribution in [3.8, 4) is 11.4 Å². The van der Waals surface area contributed by atoms with Gasteiger partial charge in [0.05, 0.1) is 18.5 Å². The fraction of sp³-hybridized carbons (Fsp3) is 0.400. The lowest BCUT2D eigenvalue weighted by molar-refractivity contribution is 0.245. The average Bonchev–Trinajstić information content (AvgIpc) is 3.38. The number of likely N-dealkylation sites (tertiary alicyclic amines) is 1. The molecular formula is C20H24N4O2. The molecule has 6 nitrogen and oxygen atoms in total. The minimum atomic E-state index is 0.345. The normalized spacial score (nSPS) is 17.7. The van der Waals surface area contributed by atoms with Crippen LogP contribution < -0.4 is 4.74 Å². The smallest absolute Gasteiger partial charge is 0.138 e. The molecule has 0 spiro atoms. The molecule has 1 atom stereocenters. The SMILES string of the molecule is COc1ccc(-n2cccn2)c(CN2CCCC2c2c(C)noc2C)c1. The van der Waals surface area contributed by atoms with Gasteiger partial charge in [0.1, 0.15) is 11.5 Å². The van der Waals surface area contributed by atoms with Gasteiger partial charge in [-0.15, -0.1) is 0 Å². The van der Waals surface area contributed by atoms with Gasteiger partial charge in [-0.05, 0) is 63.1 Å². The van der Waals surface area contributed by atoms with Crippen molar-refractivity contribution in [3.63, 3.8) is 0 Å². The monoisotopic (exact) mass is 352 g/mol. The summed E-state index contributed by atoms with van der Waals surface area (Å²) in [6.45, 7) is 5.93. The van der Waals surface area contributed by atoms with E-state index in [4.69, 9.17) is 9.26 Å². The Morgan fingerprint density at radius 1 is 1.31 bits per heavy atom. The predicted octanol–water partition coefficient (Wildman–Crippen LogP) is 3.82. The van der Waals surface area contributed by atoms with E-state index in [9.17, 15) is 0 Å². The number of rotatable bonds is 5. The first-order chi connectivity index (χ1) is 12.7. The van der Waals surface area contributed by atoms with E-state index in [1.165, 1.54) is 17.5 Å². The average molecular weight is 352 g/mol. The molecule has 0 aliphatic carbocycles. The van der Waals surface area contributed by atoms with Crippen LogP contribution in [0.15, 0.2) is 41.2 Å². The van der Waals surface area contributed by atoms with Gasteiger partial charge in [0.15, 0.2) is 0 Å². The first-order valence-electron chi connectivity index (χ1n) is 9.01. The Morgan fingerprint density at radius 3 is 2.88 bits per heavy atom. The first-order valence-corrected chi connectivity index (χ1v) is 9.01. The van der Waals surface area contributed by atoms with Crippen molar-refractivity contribution in [3.05, 3.63) is 59.2 Å². The van der Waals surface area contributed by atoms with Crippen LogP contribution >= 0.6 is 0 Å². The second kappa shape index (κ2) is 6.96. The zero-order valence-corrected chi connectivity index (χ0v) is 15.5. The number of methoxy groups -OCH3 is 1. The van der Waals surface area contributed by atoms with Crippen LogP contribution in [0.2, 0.25) is 0 Å². The Morgan fingerprint density at radius 2 is 2.19 bits per heavy atom. The number of nitrogens with zero attached hydrogens (tertiary/aromatic N) is 4. The third-order valence-electron chi connectivity index (χ3n) is 5.20. The van der Waals surface area contributed by atoms with Crippen molar-refractivity contribution in [2.75, 3.05) is 13.7 Å². The lowest BCUT2D eigenvalue weighted by atomic mass is 10.0. The highest BCUT2D eigenvalue weighted by molar-refractivity contribution is 5.45. The van der Waals surface area contributed by atoms with Crippen LogP contribution in [0.1, 0.15) is 41.5 Å². The van der Waals surface area contributed by atoms with Gasteiger partial charge in [0.25, 0.3) is 0 Å². The van der Waals surface area contributed by atoms with Gasteiger partial charge in [0, 0.05) is 30.5 Å². The molecule has 3 heterocycles. The van der Waals surface area contributed by atoms with Gasteiger partial charge in [0.2, 0.25) is 0 Å². The number of hydrogen-bond acceptors (Lipinski definition) is 5. The van der Waals surface area contributed by atoms with Gasteiger partial charge in [-0.1, -0.05) is 5.16 Å². The quantitative estimate of drug-likeness (QED) is 0.699. The molecule has 1 unspecified atom stereocenters. The summed E-state index contributed by atoms with van der Waals surface area (Å²) in [5.41, 5.74) is 4.52. The molecule has 1 aliphatic heterocycles. The molecule has 0 bridgehead atoms. The van der Waals surface area contributed by atoms with Crippen LogP contribution in [0.4, 0.5) is 0 Å². The van der Waals surface area contributed by atoms with Crippen molar-refractivity contribution in [1.82, 2.24) is 19.8 Å². The number of ether oxygens (including phenoxy) is 1. The Labute approximate surface area is 153 Å². The van der Waals surface area contributed by atoms with Crippen LogP contribution in [0.25, 0.3) is 5.69 Å². The van der Waals surface area contributed by atoms with Crippen LogP contribution in [-0.4, -0.2) is 33.5 Å². The van der Waals surface area contributed by atoms with Crippen molar-refractivity contribution < 1.29 is 9.26 Å². The van der Waals surface area contributed by atoms with Gasteiger partial charge in [-0.3, -0.25) is 4.90 Å². The van der Waals surface area contributed by atoms with Crippen LogP contribution in [-0.2, 0) is 6.54 Å². The molecule has 6 heteroatoms. The van der Waals surface area contributed by atoms with E-state index in [1.807, 2.05) is 36.9 Å². The molecule has 136 valence electrons. The lowest BCUT2D eigenvalue weighted by Gasteiger charge is -2.25. The number of aryl methyl sites for hydroxylation is 2. The van der Waals surface area contributed by atoms with Gasteiger partial charge in [-0.2, -0.15) is 5.10 Å². The highest BCUT2D eigenvalue weighted by Crippen LogP contribution is 2.37. The zero-order valence-electron chi connectivity index (χ0n) is 15.5. The molecule has 1 aromatic carbocycles. The summed E-state index contributed by atoms with van der Waals surface area (Å²) in [5.74, 6) is 1.79. The van der Waals surface area contributed by atoms with Crippen LogP contribution in [0.3, 0.4) is 0 Å². The van der Waals surface area contributed by atoms with E-state index in [0.717, 1.165) is 42.4 Å². The number of aromatic nitrogens is 3. The molecule has 1 fully saturated rings. The highest BCUT2D eigenvalue weighted by atomic mass is 16.5. The summed E-state index contributed by atoms with van der Waals surface area (Å²) < 4.78 is 12.8. The van der Waals surface area contributed by atoms with E-state index in [-0.39, 0.29) is 0 Å². The van der Waals surface area contributed by atoms with Crippen molar-refractivity contribution in [2.45, 2.75) is 39.3 Å². The van der Waals surface area contributed by atoms with E-state index in [1.54, 1.807) is 13.3 Å². The largest absolute Gasteiger partial charge is 0.497 e. The fourth-order valence-electron chi connectivity index (χ4n) is 3.98. The molecule has 0 saturated carbocycles. The molecule has 26 heavy (non-hydrogen) atoms. The number of hydrogen-bond donors (Lipinski definition) is 0. The van der Waals surface area contributed by atoms with Crippen molar-refractivity contribution in [2.24, 2.45) is 0 Å². The Hall–Kier alpha value is -2.60. The summed E-state index contributed by atoms with van der Waals surface area (Å²) in [7, 11) is 1.70. The molecule has 0 amide bonds. The van der Waals surface area contributed by atoms with Crippen molar-refractivity contribution >= 4 is 0 Å². The minimum Gasteiger partial charge on any atom is -0.497 e. The van der Waals surface area contributed by atoms with E-state index in [0.29, 0.717) is 6.04 Å². The summed E-state index contributed by atoms with van der Waals surface area (Å²) >= 11 is 0. The first kappa shape index (κ1) is 16.8. The molecule has 1 aliphatic rings. The Balaban J connectivity index is 1.68. The van der Waals surface area contributed by atoms with Crippen LogP contribution in [0, 0.1) is 13.8 Å². The van der Waals surface area contributed by atoms with E-state index < -0.39 is 0 Å². The topological polar surface area (TPSA) is 56.3 Å². The molecule has 0 N–H and O–H groups in total. The van der Waals surface area contributed by atoms with Crippen molar-refractivity contribution in [1.29, 1.82) is 0 Å². The Bertz CT molecular complexity index is 866. The molecule has 0 radical (unpaired) electrons. The van der Waals surface area contributed by atoms with Gasteiger partial charge < -0.3 is 9.26 Å². The molecule has 1 saturated heterocycles. The molecule has 2 aromatic heterocycles. The second-order valence-corrected chi connectivity index (χ2v) is 6.81. The summed E-state index contributed by atoms with van der Waals surface area (Å²) in [5, 5.41) is 8.56. The summed E-state index contributed by atoms with van der Waals surface area (Å²) in [4.78, 5) is 2.51. The maximum atomic E-state index is 5.46. The maximum absolute atomic E-state index is 5.46. The lowest BCUT2D eigenvalue weighted by Crippen LogP contribution is -2.24.